The maximum absolute atomic E-state index is 13.2. The van der Waals surface area contributed by atoms with Crippen molar-refractivity contribution >= 4 is 29.1 Å². The quantitative estimate of drug-likeness (QED) is 0.494. The molecular formula is C22H21Cl2N3O. The Morgan fingerprint density at radius 3 is 2.57 bits per heavy atom. The fourth-order valence-electron chi connectivity index (χ4n) is 3.80. The molecule has 1 aliphatic rings. The summed E-state index contributed by atoms with van der Waals surface area (Å²) in [7, 11) is 0. The number of carbonyl (C=O) groups excluding carboxylic acids is 1. The maximum atomic E-state index is 13.2. The number of unbranched alkanes of at least 4 members (excludes halogenated alkanes) is 2. The molecule has 1 amide bonds. The summed E-state index contributed by atoms with van der Waals surface area (Å²) in [6.07, 6.45) is 3.13. The molecule has 6 heteroatoms. The molecule has 1 unspecified atom stereocenters. The van der Waals surface area contributed by atoms with Crippen LogP contribution >= 0.6 is 23.2 Å². The molecule has 0 bridgehead atoms. The van der Waals surface area contributed by atoms with Crippen LogP contribution in [0, 0.1) is 0 Å². The molecule has 0 aliphatic carbocycles. The molecule has 3 aromatic rings. The van der Waals surface area contributed by atoms with Gasteiger partial charge in [0.05, 0.1) is 21.8 Å². The van der Waals surface area contributed by atoms with E-state index in [1.54, 1.807) is 6.07 Å². The molecule has 1 atom stereocenters. The van der Waals surface area contributed by atoms with Crippen LogP contribution in [-0.2, 0) is 0 Å². The van der Waals surface area contributed by atoms with Gasteiger partial charge in [-0.1, -0.05) is 79.4 Å². The largest absolute Gasteiger partial charge is 0.326 e. The van der Waals surface area contributed by atoms with E-state index in [4.69, 9.17) is 23.2 Å². The monoisotopic (exact) mass is 413 g/mol. The van der Waals surface area contributed by atoms with Crippen molar-refractivity contribution in [2.45, 2.75) is 32.2 Å². The normalized spacial score (nSPS) is 15.9. The van der Waals surface area contributed by atoms with E-state index in [9.17, 15) is 4.79 Å². The smallest absolute Gasteiger partial charge is 0.273 e. The van der Waals surface area contributed by atoms with Crippen LogP contribution in [0.5, 0.6) is 0 Å². The Bertz CT molecular complexity index is 1000. The van der Waals surface area contributed by atoms with Crippen molar-refractivity contribution in [3.8, 4) is 11.3 Å². The number of hydrogen-bond acceptors (Lipinski definition) is 2. The van der Waals surface area contributed by atoms with Gasteiger partial charge in [-0.25, -0.2) is 0 Å². The average molecular weight is 414 g/mol. The molecule has 0 saturated heterocycles. The first-order valence-electron chi connectivity index (χ1n) is 9.51. The number of aromatic nitrogens is 2. The predicted molar refractivity (Wildman–Crippen MR) is 113 cm³/mol. The molecule has 144 valence electrons. The minimum Gasteiger partial charge on any atom is -0.326 e. The van der Waals surface area contributed by atoms with E-state index >= 15 is 0 Å². The van der Waals surface area contributed by atoms with Crippen LogP contribution < -0.4 is 0 Å². The van der Waals surface area contributed by atoms with Gasteiger partial charge < -0.3 is 4.90 Å². The summed E-state index contributed by atoms with van der Waals surface area (Å²) in [6.45, 7) is 2.84. The van der Waals surface area contributed by atoms with Crippen LogP contribution in [0.25, 0.3) is 11.3 Å². The van der Waals surface area contributed by atoms with Crippen molar-refractivity contribution in [2.75, 3.05) is 6.54 Å². The van der Waals surface area contributed by atoms with Crippen LogP contribution in [0.15, 0.2) is 48.5 Å². The minimum absolute atomic E-state index is 0.0168. The molecule has 0 spiro atoms. The lowest BCUT2D eigenvalue weighted by Crippen LogP contribution is -2.30. The zero-order valence-corrected chi connectivity index (χ0v) is 17.1. The molecule has 28 heavy (non-hydrogen) atoms. The Morgan fingerprint density at radius 1 is 1.07 bits per heavy atom. The van der Waals surface area contributed by atoms with Gasteiger partial charge in [0.2, 0.25) is 0 Å². The van der Waals surface area contributed by atoms with E-state index in [0.717, 1.165) is 41.6 Å². The van der Waals surface area contributed by atoms with Crippen molar-refractivity contribution in [3.05, 3.63) is 75.4 Å². The highest BCUT2D eigenvalue weighted by atomic mass is 35.5. The van der Waals surface area contributed by atoms with Crippen LogP contribution in [0.2, 0.25) is 10.0 Å². The molecule has 1 N–H and O–H groups in total. The molecule has 0 radical (unpaired) electrons. The molecule has 0 fully saturated rings. The molecule has 0 saturated carbocycles. The maximum Gasteiger partial charge on any atom is 0.273 e. The van der Waals surface area contributed by atoms with E-state index in [-0.39, 0.29) is 11.9 Å². The van der Waals surface area contributed by atoms with E-state index in [1.165, 1.54) is 0 Å². The van der Waals surface area contributed by atoms with Gasteiger partial charge in [0.15, 0.2) is 0 Å². The van der Waals surface area contributed by atoms with Crippen molar-refractivity contribution < 1.29 is 4.79 Å². The molecule has 2 heterocycles. The number of carbonyl (C=O) groups is 1. The number of hydrogen-bond donors (Lipinski definition) is 1. The number of H-pyrrole nitrogens is 1. The first-order chi connectivity index (χ1) is 13.6. The third kappa shape index (κ3) is 3.31. The molecular weight excluding hydrogens is 393 g/mol. The number of nitrogens with zero attached hydrogens (tertiary/aromatic N) is 2. The lowest BCUT2D eigenvalue weighted by molar-refractivity contribution is 0.0740. The van der Waals surface area contributed by atoms with Crippen LogP contribution in [-0.4, -0.2) is 27.5 Å². The van der Waals surface area contributed by atoms with Crippen molar-refractivity contribution in [1.82, 2.24) is 15.1 Å². The summed E-state index contributed by atoms with van der Waals surface area (Å²) < 4.78 is 0. The zero-order valence-electron chi connectivity index (χ0n) is 15.6. The van der Waals surface area contributed by atoms with Crippen LogP contribution in [0.4, 0.5) is 0 Å². The number of amides is 1. The highest BCUT2D eigenvalue weighted by Crippen LogP contribution is 2.43. The third-order valence-electron chi connectivity index (χ3n) is 5.17. The summed E-state index contributed by atoms with van der Waals surface area (Å²) in [4.78, 5) is 15.1. The van der Waals surface area contributed by atoms with E-state index < -0.39 is 0 Å². The van der Waals surface area contributed by atoms with Crippen LogP contribution in [0.1, 0.15) is 53.8 Å². The number of fused-ring (bicyclic) bond motifs is 1. The number of nitrogens with one attached hydrogen (secondary N) is 1. The van der Waals surface area contributed by atoms with E-state index in [1.807, 2.05) is 47.4 Å². The van der Waals surface area contributed by atoms with Crippen molar-refractivity contribution in [3.63, 3.8) is 0 Å². The molecule has 4 rings (SSSR count). The number of aromatic amines is 1. The summed E-state index contributed by atoms with van der Waals surface area (Å²) in [5, 5.41) is 8.44. The first kappa shape index (κ1) is 19.0. The summed E-state index contributed by atoms with van der Waals surface area (Å²) in [6, 6.07) is 15.3. The van der Waals surface area contributed by atoms with Crippen LogP contribution in [0.3, 0.4) is 0 Å². The third-order valence-corrected chi connectivity index (χ3v) is 5.91. The van der Waals surface area contributed by atoms with Crippen molar-refractivity contribution in [1.29, 1.82) is 0 Å². The molecule has 2 aromatic carbocycles. The van der Waals surface area contributed by atoms with E-state index in [0.29, 0.717) is 22.3 Å². The topological polar surface area (TPSA) is 49.0 Å². The Hall–Kier alpha value is -2.30. The summed E-state index contributed by atoms with van der Waals surface area (Å²) >= 11 is 12.4. The van der Waals surface area contributed by atoms with E-state index in [2.05, 4.69) is 17.1 Å². The second-order valence-corrected chi connectivity index (χ2v) is 7.82. The highest BCUT2D eigenvalue weighted by molar-refractivity contribution is 6.42. The second-order valence-electron chi connectivity index (χ2n) is 7.01. The summed E-state index contributed by atoms with van der Waals surface area (Å²) in [5.41, 5.74) is 4.19. The van der Waals surface area contributed by atoms with Gasteiger partial charge in [0.25, 0.3) is 5.91 Å². The Morgan fingerprint density at radius 2 is 1.86 bits per heavy atom. The molecule has 1 aromatic heterocycles. The minimum atomic E-state index is -0.233. The van der Waals surface area contributed by atoms with Gasteiger partial charge in [0, 0.05) is 17.7 Å². The predicted octanol–water partition coefficient (Wildman–Crippen LogP) is 6.12. The lowest BCUT2D eigenvalue weighted by atomic mass is 9.96. The highest BCUT2D eigenvalue weighted by Gasteiger charge is 2.41. The average Bonchev–Trinajstić information content (AvgIpc) is 3.25. The summed E-state index contributed by atoms with van der Waals surface area (Å²) in [5.74, 6) is -0.0168. The second kappa shape index (κ2) is 7.98. The standard InChI is InChI=1S/C22H21Cl2N3O/c1-2-3-7-12-27-21(15-10-11-16(23)17(24)13-15)18-19(14-8-5-4-6-9-14)25-26-20(18)22(27)28/h4-6,8-11,13,21H,2-3,7,12H2,1H3,(H,25,26). The van der Waals surface area contributed by atoms with Gasteiger partial charge in [-0.15, -0.1) is 0 Å². The Labute approximate surface area is 174 Å². The Kier molecular flexibility index (Phi) is 5.42. The number of rotatable bonds is 6. The number of benzene rings is 2. The van der Waals surface area contributed by atoms with Gasteiger partial charge in [-0.3, -0.25) is 9.89 Å². The van der Waals surface area contributed by atoms with Crippen molar-refractivity contribution in [2.24, 2.45) is 0 Å². The molecule has 4 nitrogen and oxygen atoms in total. The van der Waals surface area contributed by atoms with Gasteiger partial charge >= 0.3 is 0 Å². The SMILES string of the molecule is CCCCCN1C(=O)c2[nH]nc(-c3ccccc3)c2C1c1ccc(Cl)c(Cl)c1. The fraction of sp³-hybridized carbons (Fsp3) is 0.273. The number of halogens is 2. The Balaban J connectivity index is 1.83. The zero-order chi connectivity index (χ0) is 19.7. The lowest BCUT2D eigenvalue weighted by Gasteiger charge is -2.26. The van der Waals surface area contributed by atoms with Gasteiger partial charge in [0.1, 0.15) is 5.69 Å². The van der Waals surface area contributed by atoms with Gasteiger partial charge in [-0.05, 0) is 24.1 Å². The van der Waals surface area contributed by atoms with Gasteiger partial charge in [-0.2, -0.15) is 5.10 Å². The fourth-order valence-corrected chi connectivity index (χ4v) is 4.11. The first-order valence-corrected chi connectivity index (χ1v) is 10.3. The molecule has 1 aliphatic heterocycles.